The molecule has 2 heterocycles. The van der Waals surface area contributed by atoms with Gasteiger partial charge in [0.1, 0.15) is 0 Å². The molecule has 0 saturated carbocycles. The van der Waals surface area contributed by atoms with Crippen LogP contribution >= 0.6 is 0 Å². The highest BCUT2D eigenvalue weighted by Crippen LogP contribution is 2.39. The zero-order chi connectivity index (χ0) is 41.3. The molecule has 1 aliphatic heterocycles. The van der Waals surface area contributed by atoms with Gasteiger partial charge in [0, 0.05) is 29.5 Å². The number of hydrogen-bond donors (Lipinski definition) is 0. The summed E-state index contributed by atoms with van der Waals surface area (Å²) in [5.41, 5.74) is 15.5. The molecule has 2 nitrogen and oxygen atoms in total. The summed E-state index contributed by atoms with van der Waals surface area (Å²) in [5.74, 6) is 0. The van der Waals surface area contributed by atoms with Crippen LogP contribution in [0.2, 0.25) is 0 Å². The Bertz CT molecular complexity index is 3010. The van der Waals surface area contributed by atoms with Crippen LogP contribution in [0.5, 0.6) is 0 Å². The van der Waals surface area contributed by atoms with Crippen molar-refractivity contribution < 1.29 is 0 Å². The van der Waals surface area contributed by atoms with Crippen molar-refractivity contribution in [3.05, 3.63) is 255 Å². The van der Waals surface area contributed by atoms with Gasteiger partial charge < -0.3 is 4.90 Å². The number of pyridine rings is 1. The second-order valence-corrected chi connectivity index (χ2v) is 19.7. The van der Waals surface area contributed by atoms with E-state index in [0.717, 1.165) is 17.1 Å². The molecule has 0 N–H and O–H groups in total. The summed E-state index contributed by atoms with van der Waals surface area (Å²) < 4.78 is 0. The van der Waals surface area contributed by atoms with E-state index in [1.165, 1.54) is 76.4 Å². The summed E-state index contributed by atoms with van der Waals surface area (Å²) in [7, 11) is -2.65. The lowest BCUT2D eigenvalue weighted by Gasteiger charge is -2.31. The molecule has 0 atom stereocenters. The molecular weight excluding hydrogens is 765 g/mol. The molecule has 1 aliphatic rings. The minimum Gasteiger partial charge on any atom is -0.311 e. The SMILES string of the molecule is c1ccc(-c2ccc(N(c3ccc(-c4ccccc4)cc3)c3ccc(-c4cccc(-c5ccc6c(c5)[Si](c5ccccc5)(c5ccccc5)c5cnccc5-6)c4)cc3)cc2)cc1. The zero-order valence-electron chi connectivity index (χ0n) is 34.1. The van der Waals surface area contributed by atoms with Gasteiger partial charge in [-0.05, 0) is 125 Å². The number of hydrogen-bond acceptors (Lipinski definition) is 2. The van der Waals surface area contributed by atoms with Crippen LogP contribution in [0.15, 0.2) is 255 Å². The molecule has 0 amide bonds. The van der Waals surface area contributed by atoms with E-state index in [0.29, 0.717) is 0 Å². The van der Waals surface area contributed by atoms with Crippen molar-refractivity contribution in [3.8, 4) is 55.6 Å². The lowest BCUT2D eigenvalue weighted by Crippen LogP contribution is -2.72. The highest BCUT2D eigenvalue weighted by Gasteiger charge is 2.49. The van der Waals surface area contributed by atoms with Gasteiger partial charge in [0.2, 0.25) is 0 Å². The molecule has 9 aromatic carbocycles. The quantitative estimate of drug-likeness (QED) is 0.135. The van der Waals surface area contributed by atoms with Crippen LogP contribution in [0.3, 0.4) is 0 Å². The summed E-state index contributed by atoms with van der Waals surface area (Å²) in [6, 6.07) is 88.5. The first-order chi connectivity index (χ1) is 30.7. The van der Waals surface area contributed by atoms with E-state index in [1.807, 2.05) is 6.20 Å². The summed E-state index contributed by atoms with van der Waals surface area (Å²) in [5, 5.41) is 5.52. The van der Waals surface area contributed by atoms with Gasteiger partial charge in [0.25, 0.3) is 0 Å². The maximum Gasteiger partial charge on any atom is 0.182 e. The van der Waals surface area contributed by atoms with Crippen LogP contribution in [0.1, 0.15) is 0 Å². The molecule has 10 aromatic rings. The summed E-state index contributed by atoms with van der Waals surface area (Å²) >= 11 is 0. The van der Waals surface area contributed by atoms with Gasteiger partial charge in [-0.25, -0.2) is 0 Å². The van der Waals surface area contributed by atoms with Crippen LogP contribution in [0.4, 0.5) is 17.1 Å². The third-order valence-electron chi connectivity index (χ3n) is 12.5. The zero-order valence-corrected chi connectivity index (χ0v) is 35.1. The Labute approximate surface area is 364 Å². The molecule has 11 rings (SSSR count). The van der Waals surface area contributed by atoms with Crippen molar-refractivity contribution in [1.29, 1.82) is 0 Å². The van der Waals surface area contributed by atoms with Gasteiger partial charge in [-0.15, -0.1) is 0 Å². The largest absolute Gasteiger partial charge is 0.311 e. The van der Waals surface area contributed by atoms with Crippen LogP contribution in [-0.2, 0) is 0 Å². The van der Waals surface area contributed by atoms with E-state index >= 15 is 0 Å². The Balaban J connectivity index is 0.961. The molecule has 1 aromatic heterocycles. The first-order valence-electron chi connectivity index (χ1n) is 21.3. The monoisotopic (exact) mass is 806 g/mol. The van der Waals surface area contributed by atoms with Gasteiger partial charge >= 0.3 is 0 Å². The van der Waals surface area contributed by atoms with E-state index in [4.69, 9.17) is 4.98 Å². The van der Waals surface area contributed by atoms with Crippen molar-refractivity contribution in [3.63, 3.8) is 0 Å². The van der Waals surface area contributed by atoms with Crippen LogP contribution in [0.25, 0.3) is 55.6 Å². The minimum atomic E-state index is -2.65. The Hall–Kier alpha value is -7.85. The number of nitrogens with zero attached hydrogens (tertiary/aromatic N) is 2. The predicted molar refractivity (Wildman–Crippen MR) is 263 cm³/mol. The maximum absolute atomic E-state index is 4.72. The molecule has 0 aliphatic carbocycles. The molecule has 292 valence electrons. The minimum absolute atomic E-state index is 1.10. The smallest absolute Gasteiger partial charge is 0.182 e. The standard InChI is InChI=1S/C59H42N2Si/c1-5-14-43(15-6-1)45-24-31-51(32-25-45)61(52-33-26-46(27-34-52)44-16-7-2-8-17-44)53-35-28-47(29-36-53)48-18-13-19-49(40-48)50-30-37-56-57-38-39-60-42-59(57)62(58(56)41-50,54-20-9-3-10-21-54)55-22-11-4-12-23-55/h1-42H. The number of anilines is 3. The molecule has 62 heavy (non-hydrogen) atoms. The Morgan fingerprint density at radius 1 is 0.290 bits per heavy atom. The normalized spacial score (nSPS) is 12.3. The fourth-order valence-electron chi connectivity index (χ4n) is 9.50. The van der Waals surface area contributed by atoms with E-state index in [9.17, 15) is 0 Å². The van der Waals surface area contributed by atoms with Crippen molar-refractivity contribution >= 4 is 45.9 Å². The van der Waals surface area contributed by atoms with Gasteiger partial charge in [0.05, 0.1) is 0 Å². The molecule has 0 saturated heterocycles. The van der Waals surface area contributed by atoms with E-state index in [2.05, 4.69) is 254 Å². The maximum atomic E-state index is 4.72. The molecule has 0 radical (unpaired) electrons. The van der Waals surface area contributed by atoms with E-state index in [1.54, 1.807) is 0 Å². The average Bonchev–Trinajstić information content (AvgIpc) is 3.66. The topological polar surface area (TPSA) is 16.1 Å². The Morgan fingerprint density at radius 3 is 1.16 bits per heavy atom. The molecule has 0 spiro atoms. The molecule has 0 unspecified atom stereocenters. The summed E-state index contributed by atoms with van der Waals surface area (Å²) in [6.45, 7) is 0. The highest BCUT2D eigenvalue weighted by molar-refractivity contribution is 7.22. The van der Waals surface area contributed by atoms with Crippen LogP contribution < -0.4 is 25.6 Å². The van der Waals surface area contributed by atoms with Crippen LogP contribution in [0, 0.1) is 0 Å². The molecule has 3 heteroatoms. The van der Waals surface area contributed by atoms with Gasteiger partial charge in [-0.1, -0.05) is 194 Å². The first-order valence-corrected chi connectivity index (χ1v) is 23.3. The first kappa shape index (κ1) is 37.2. The second kappa shape index (κ2) is 16.0. The fraction of sp³-hybridized carbons (Fsp3) is 0. The second-order valence-electron chi connectivity index (χ2n) is 16.0. The number of fused-ring (bicyclic) bond motifs is 3. The van der Waals surface area contributed by atoms with Gasteiger partial charge in [0.15, 0.2) is 8.07 Å². The van der Waals surface area contributed by atoms with Gasteiger partial charge in [-0.3, -0.25) is 4.98 Å². The lowest BCUT2D eigenvalue weighted by atomic mass is 9.97. The van der Waals surface area contributed by atoms with Crippen molar-refractivity contribution in [1.82, 2.24) is 4.98 Å². The fourth-order valence-corrected chi connectivity index (χ4v) is 14.6. The molecular formula is C59H42N2Si. The average molecular weight is 807 g/mol. The van der Waals surface area contributed by atoms with E-state index < -0.39 is 8.07 Å². The lowest BCUT2D eigenvalue weighted by molar-refractivity contribution is 1.28. The predicted octanol–water partition coefficient (Wildman–Crippen LogP) is 12.6. The highest BCUT2D eigenvalue weighted by atomic mass is 28.3. The van der Waals surface area contributed by atoms with Crippen molar-refractivity contribution in [2.75, 3.05) is 4.90 Å². The molecule has 0 fully saturated rings. The number of aromatic nitrogens is 1. The molecule has 0 bridgehead atoms. The third kappa shape index (κ3) is 6.57. The number of rotatable bonds is 9. The number of benzene rings is 9. The van der Waals surface area contributed by atoms with Crippen LogP contribution in [-0.4, -0.2) is 13.1 Å². The third-order valence-corrected chi connectivity index (χ3v) is 17.3. The summed E-state index contributed by atoms with van der Waals surface area (Å²) in [6.07, 6.45) is 4.07. The summed E-state index contributed by atoms with van der Waals surface area (Å²) in [4.78, 5) is 7.07. The van der Waals surface area contributed by atoms with E-state index in [-0.39, 0.29) is 0 Å². The Kier molecular flexibility index (Phi) is 9.57. The van der Waals surface area contributed by atoms with Crippen molar-refractivity contribution in [2.45, 2.75) is 0 Å². The van der Waals surface area contributed by atoms with Crippen molar-refractivity contribution in [2.24, 2.45) is 0 Å². The van der Waals surface area contributed by atoms with Gasteiger partial charge in [-0.2, -0.15) is 0 Å². The Morgan fingerprint density at radius 2 is 0.661 bits per heavy atom.